The number of hydrogen-bond donors (Lipinski definition) is 2. The number of hydrogen-bond acceptors (Lipinski definition) is 4. The first-order valence-electron chi connectivity index (χ1n) is 5.92. The summed E-state index contributed by atoms with van der Waals surface area (Å²) in [5.74, 6) is -0.707. The molecule has 1 aromatic carbocycles. The Bertz CT molecular complexity index is 508. The summed E-state index contributed by atoms with van der Waals surface area (Å²) in [6, 6.07) is 5.15. The Labute approximate surface area is 109 Å². The second-order valence-corrected chi connectivity index (χ2v) is 4.38. The van der Waals surface area contributed by atoms with Crippen molar-refractivity contribution in [3.05, 3.63) is 39.9 Å². The van der Waals surface area contributed by atoms with Crippen LogP contribution in [0.1, 0.15) is 29.6 Å². The van der Waals surface area contributed by atoms with E-state index in [1.165, 1.54) is 24.3 Å². The Morgan fingerprint density at radius 1 is 1.16 bits per heavy atom. The molecule has 0 spiro atoms. The van der Waals surface area contributed by atoms with Crippen LogP contribution in [0.4, 0.5) is 5.69 Å². The van der Waals surface area contributed by atoms with E-state index < -0.39 is 10.8 Å². The minimum atomic E-state index is -0.542. The maximum Gasteiger partial charge on any atom is 0.269 e. The quantitative estimate of drug-likeness (QED) is 0.631. The van der Waals surface area contributed by atoms with Gasteiger partial charge in [-0.15, -0.1) is 0 Å². The molecule has 0 atom stereocenters. The number of hydrazine groups is 1. The Morgan fingerprint density at radius 2 is 1.79 bits per heavy atom. The van der Waals surface area contributed by atoms with E-state index in [0.29, 0.717) is 0 Å². The minimum absolute atomic E-state index is 0.0165. The van der Waals surface area contributed by atoms with Gasteiger partial charge in [-0.3, -0.25) is 30.6 Å². The number of carbonyl (C=O) groups is 2. The van der Waals surface area contributed by atoms with Crippen LogP contribution >= 0.6 is 0 Å². The number of amides is 2. The monoisotopic (exact) mass is 263 g/mol. The zero-order valence-electron chi connectivity index (χ0n) is 10.1. The maximum atomic E-state index is 11.7. The molecule has 7 heteroatoms. The van der Waals surface area contributed by atoms with Gasteiger partial charge in [0.25, 0.3) is 11.6 Å². The SMILES string of the molecule is O=C(NNC(=O)C1CCC1)c1ccc([N+](=O)[O-])cc1. The highest BCUT2D eigenvalue weighted by molar-refractivity contribution is 5.95. The minimum Gasteiger partial charge on any atom is -0.273 e. The second-order valence-electron chi connectivity index (χ2n) is 4.38. The van der Waals surface area contributed by atoms with Gasteiger partial charge in [0.05, 0.1) is 4.92 Å². The van der Waals surface area contributed by atoms with Gasteiger partial charge in [-0.05, 0) is 25.0 Å². The molecule has 0 bridgehead atoms. The third kappa shape index (κ3) is 3.06. The van der Waals surface area contributed by atoms with E-state index in [1.54, 1.807) is 0 Å². The predicted molar refractivity (Wildman–Crippen MR) is 66.0 cm³/mol. The molecular formula is C12H13N3O4. The Hall–Kier alpha value is -2.44. The highest BCUT2D eigenvalue weighted by atomic mass is 16.6. The average Bonchev–Trinajstić information content (AvgIpc) is 2.34. The second kappa shape index (κ2) is 5.47. The Morgan fingerprint density at radius 3 is 2.26 bits per heavy atom. The van der Waals surface area contributed by atoms with E-state index in [1.807, 2.05) is 0 Å². The number of nitrogens with one attached hydrogen (secondary N) is 2. The average molecular weight is 263 g/mol. The van der Waals surface area contributed by atoms with Crippen LogP contribution in [0.3, 0.4) is 0 Å². The van der Waals surface area contributed by atoms with Crippen molar-refractivity contribution in [2.45, 2.75) is 19.3 Å². The normalized spacial score (nSPS) is 14.3. The van der Waals surface area contributed by atoms with Crippen LogP contribution in [0.5, 0.6) is 0 Å². The fourth-order valence-electron chi connectivity index (χ4n) is 1.70. The highest BCUT2D eigenvalue weighted by Crippen LogP contribution is 2.25. The standard InChI is InChI=1S/C12H13N3O4/c16-11(8-2-1-3-8)13-14-12(17)9-4-6-10(7-5-9)15(18)19/h4-8H,1-3H2,(H,13,16)(H,14,17). The molecule has 19 heavy (non-hydrogen) atoms. The molecule has 0 aliphatic heterocycles. The number of carbonyl (C=O) groups excluding carboxylic acids is 2. The van der Waals surface area contributed by atoms with E-state index in [4.69, 9.17) is 0 Å². The summed E-state index contributed by atoms with van der Waals surface area (Å²) in [6.07, 6.45) is 2.73. The van der Waals surface area contributed by atoms with Crippen LogP contribution in [0, 0.1) is 16.0 Å². The van der Waals surface area contributed by atoms with E-state index in [9.17, 15) is 19.7 Å². The number of nitro groups is 1. The molecule has 2 N–H and O–H groups in total. The van der Waals surface area contributed by atoms with Gasteiger partial charge in [0, 0.05) is 23.6 Å². The first kappa shape index (κ1) is 13.0. The van der Waals surface area contributed by atoms with Crippen LogP contribution in [0.25, 0.3) is 0 Å². The summed E-state index contributed by atoms with van der Waals surface area (Å²) in [7, 11) is 0. The summed E-state index contributed by atoms with van der Waals surface area (Å²) < 4.78 is 0. The van der Waals surface area contributed by atoms with Crippen molar-refractivity contribution >= 4 is 17.5 Å². The smallest absolute Gasteiger partial charge is 0.269 e. The lowest BCUT2D eigenvalue weighted by atomic mass is 9.85. The summed E-state index contributed by atoms with van der Waals surface area (Å²) >= 11 is 0. The van der Waals surface area contributed by atoms with Crippen molar-refractivity contribution in [1.29, 1.82) is 0 Å². The Kier molecular flexibility index (Phi) is 3.74. The molecule has 2 amide bonds. The molecule has 7 nitrogen and oxygen atoms in total. The fourth-order valence-corrected chi connectivity index (χ4v) is 1.70. The molecule has 1 aliphatic rings. The number of benzene rings is 1. The van der Waals surface area contributed by atoms with Gasteiger partial charge in [-0.25, -0.2) is 0 Å². The fraction of sp³-hybridized carbons (Fsp3) is 0.333. The lowest BCUT2D eigenvalue weighted by Crippen LogP contribution is -2.45. The number of non-ortho nitro benzene ring substituents is 1. The van der Waals surface area contributed by atoms with Crippen LogP contribution in [0.15, 0.2) is 24.3 Å². The summed E-state index contributed by atoms with van der Waals surface area (Å²) in [6.45, 7) is 0. The molecule has 0 heterocycles. The van der Waals surface area contributed by atoms with Crippen molar-refractivity contribution in [1.82, 2.24) is 10.9 Å². The molecule has 0 radical (unpaired) electrons. The number of rotatable bonds is 3. The maximum absolute atomic E-state index is 11.7. The lowest BCUT2D eigenvalue weighted by molar-refractivity contribution is -0.384. The molecule has 2 rings (SSSR count). The predicted octanol–water partition coefficient (Wildman–Crippen LogP) is 1.16. The molecule has 0 unspecified atom stereocenters. The largest absolute Gasteiger partial charge is 0.273 e. The lowest BCUT2D eigenvalue weighted by Gasteiger charge is -2.23. The number of nitrogens with zero attached hydrogens (tertiary/aromatic N) is 1. The molecule has 100 valence electrons. The van der Waals surface area contributed by atoms with E-state index in [-0.39, 0.29) is 23.1 Å². The van der Waals surface area contributed by atoms with Gasteiger partial charge in [0.1, 0.15) is 0 Å². The van der Waals surface area contributed by atoms with Crippen molar-refractivity contribution in [3.63, 3.8) is 0 Å². The highest BCUT2D eigenvalue weighted by Gasteiger charge is 2.25. The molecular weight excluding hydrogens is 250 g/mol. The molecule has 0 saturated heterocycles. The summed E-state index contributed by atoms with van der Waals surface area (Å²) in [5.41, 5.74) is 4.80. The van der Waals surface area contributed by atoms with E-state index >= 15 is 0 Å². The summed E-state index contributed by atoms with van der Waals surface area (Å²) in [5, 5.41) is 10.5. The van der Waals surface area contributed by atoms with Gasteiger partial charge in [0.15, 0.2) is 0 Å². The van der Waals surface area contributed by atoms with Crippen LogP contribution in [0.2, 0.25) is 0 Å². The van der Waals surface area contributed by atoms with E-state index in [2.05, 4.69) is 10.9 Å². The zero-order valence-corrected chi connectivity index (χ0v) is 10.1. The van der Waals surface area contributed by atoms with Crippen molar-refractivity contribution in [3.8, 4) is 0 Å². The van der Waals surface area contributed by atoms with Gasteiger partial charge in [-0.2, -0.15) is 0 Å². The zero-order chi connectivity index (χ0) is 13.8. The van der Waals surface area contributed by atoms with Crippen molar-refractivity contribution in [2.24, 2.45) is 5.92 Å². The van der Waals surface area contributed by atoms with E-state index in [0.717, 1.165) is 19.3 Å². The first-order chi connectivity index (χ1) is 9.08. The molecule has 0 aromatic heterocycles. The van der Waals surface area contributed by atoms with Crippen LogP contribution < -0.4 is 10.9 Å². The Balaban J connectivity index is 1.88. The van der Waals surface area contributed by atoms with Crippen LogP contribution in [-0.4, -0.2) is 16.7 Å². The van der Waals surface area contributed by atoms with Gasteiger partial charge in [-0.1, -0.05) is 6.42 Å². The van der Waals surface area contributed by atoms with Crippen molar-refractivity contribution in [2.75, 3.05) is 0 Å². The number of nitro benzene ring substituents is 1. The van der Waals surface area contributed by atoms with Gasteiger partial charge >= 0.3 is 0 Å². The molecule has 1 saturated carbocycles. The van der Waals surface area contributed by atoms with Crippen molar-refractivity contribution < 1.29 is 14.5 Å². The molecule has 1 fully saturated rings. The third-order valence-electron chi connectivity index (χ3n) is 3.12. The molecule has 1 aromatic rings. The molecule has 1 aliphatic carbocycles. The van der Waals surface area contributed by atoms with Gasteiger partial charge in [0.2, 0.25) is 5.91 Å². The topological polar surface area (TPSA) is 101 Å². The summed E-state index contributed by atoms with van der Waals surface area (Å²) in [4.78, 5) is 33.1. The first-order valence-corrected chi connectivity index (χ1v) is 5.92. The third-order valence-corrected chi connectivity index (χ3v) is 3.12. The van der Waals surface area contributed by atoms with Crippen LogP contribution in [-0.2, 0) is 4.79 Å². The van der Waals surface area contributed by atoms with Gasteiger partial charge < -0.3 is 0 Å².